The number of pyridine rings is 1. The Labute approximate surface area is 218 Å². The number of hydrogen-bond acceptors (Lipinski definition) is 9. The van der Waals surface area contributed by atoms with Crippen molar-refractivity contribution >= 4 is 17.1 Å². The monoisotopic (exact) mass is 514 g/mol. The van der Waals surface area contributed by atoms with Crippen molar-refractivity contribution < 1.29 is 18.8 Å². The van der Waals surface area contributed by atoms with Gasteiger partial charge in [0.15, 0.2) is 0 Å². The molecule has 2 aromatic carbocycles. The molecule has 2 aliphatic heterocycles. The molecule has 2 aliphatic rings. The molecule has 4 aromatic rings. The number of ether oxygens (including phenoxy) is 1. The molecule has 0 amide bonds. The zero-order chi connectivity index (χ0) is 25.9. The van der Waals surface area contributed by atoms with Crippen molar-refractivity contribution in [2.24, 2.45) is 0 Å². The van der Waals surface area contributed by atoms with E-state index in [0.717, 1.165) is 29.8 Å². The molecule has 2 aromatic heterocycles. The molecule has 10 nitrogen and oxygen atoms in total. The highest BCUT2D eigenvalue weighted by atomic mass is 19.1. The maximum atomic E-state index is 14.7. The number of morpholine rings is 1. The Hall–Kier alpha value is -4.16. The summed E-state index contributed by atoms with van der Waals surface area (Å²) >= 11 is 0. The van der Waals surface area contributed by atoms with Crippen molar-refractivity contribution in [3.63, 3.8) is 0 Å². The number of benzene rings is 2. The summed E-state index contributed by atoms with van der Waals surface area (Å²) in [4.78, 5) is 10.9. The molecule has 0 radical (unpaired) electrons. The third-order valence-electron chi connectivity index (χ3n) is 6.43. The molecular formula is C27H25FN7O3-. The van der Waals surface area contributed by atoms with E-state index in [2.05, 4.69) is 31.0 Å². The van der Waals surface area contributed by atoms with Crippen LogP contribution in [0, 0.1) is 5.82 Å². The molecule has 1 unspecified atom stereocenters. The molecule has 11 heteroatoms. The van der Waals surface area contributed by atoms with Gasteiger partial charge in [-0.05, 0) is 35.5 Å². The highest BCUT2D eigenvalue weighted by Gasteiger charge is 2.24. The van der Waals surface area contributed by atoms with Gasteiger partial charge in [0.2, 0.25) is 11.7 Å². The highest BCUT2D eigenvalue weighted by Crippen LogP contribution is 2.39. The number of rotatable bonds is 7. The Morgan fingerprint density at radius 1 is 1.05 bits per heavy atom. The van der Waals surface area contributed by atoms with Gasteiger partial charge in [-0.15, -0.1) is 0 Å². The van der Waals surface area contributed by atoms with Crippen LogP contribution in [-0.2, 0) is 11.3 Å². The normalized spacial score (nSPS) is 18.2. The lowest BCUT2D eigenvalue weighted by Crippen LogP contribution is -2.43. The zero-order valence-corrected chi connectivity index (χ0v) is 20.4. The van der Waals surface area contributed by atoms with E-state index in [9.17, 15) is 9.50 Å². The molecule has 38 heavy (non-hydrogen) atoms. The first-order chi connectivity index (χ1) is 18.7. The summed E-state index contributed by atoms with van der Waals surface area (Å²) in [5.74, 6) is 0.211. The van der Waals surface area contributed by atoms with Gasteiger partial charge in [-0.3, -0.25) is 14.9 Å². The van der Waals surface area contributed by atoms with E-state index < -0.39 is 5.82 Å². The second-order valence-electron chi connectivity index (χ2n) is 8.96. The Morgan fingerprint density at radius 3 is 2.66 bits per heavy atom. The summed E-state index contributed by atoms with van der Waals surface area (Å²) in [6.07, 6.45) is 3.16. The minimum absolute atomic E-state index is 0.0226. The molecule has 0 spiro atoms. The maximum absolute atomic E-state index is 14.7. The number of anilines is 1. The van der Waals surface area contributed by atoms with E-state index in [0.29, 0.717) is 36.1 Å². The predicted octanol–water partition coefficient (Wildman–Crippen LogP) is 3.60. The average molecular weight is 515 g/mol. The SMILES string of the molecule is OCC1CN(Cc2ccc(-c3noc(C4=C(c5ccncc5)N(c5ccccc5F)N[N-]4)n3)cc2)CCO1. The maximum Gasteiger partial charge on any atom is 0.239 e. The number of aromatic nitrogens is 3. The number of aliphatic hydroxyl groups is 1. The van der Waals surface area contributed by atoms with Gasteiger partial charge in [-0.25, -0.2) is 4.39 Å². The number of para-hydroxylation sites is 1. The number of nitrogens with one attached hydrogen (secondary N) is 1. The quantitative estimate of drug-likeness (QED) is 0.382. The van der Waals surface area contributed by atoms with Crippen LogP contribution in [0.5, 0.6) is 0 Å². The van der Waals surface area contributed by atoms with Gasteiger partial charge in [0.05, 0.1) is 30.7 Å². The van der Waals surface area contributed by atoms with Crippen LogP contribution < -0.4 is 10.5 Å². The lowest BCUT2D eigenvalue weighted by molar-refractivity contribution is -0.0551. The number of hydrogen-bond donors (Lipinski definition) is 2. The van der Waals surface area contributed by atoms with Gasteiger partial charge in [0.1, 0.15) is 5.82 Å². The van der Waals surface area contributed by atoms with Crippen LogP contribution in [0.1, 0.15) is 17.0 Å². The molecule has 1 saturated heterocycles. The van der Waals surface area contributed by atoms with Crippen molar-refractivity contribution in [2.45, 2.75) is 12.6 Å². The summed E-state index contributed by atoms with van der Waals surface area (Å²) in [7, 11) is 0. The smallest absolute Gasteiger partial charge is 0.239 e. The van der Waals surface area contributed by atoms with E-state index in [-0.39, 0.29) is 18.6 Å². The fourth-order valence-electron chi connectivity index (χ4n) is 4.53. The van der Waals surface area contributed by atoms with Crippen LogP contribution in [-0.4, -0.2) is 57.5 Å². The lowest BCUT2D eigenvalue weighted by Gasteiger charge is -2.31. The Kier molecular flexibility index (Phi) is 6.80. The van der Waals surface area contributed by atoms with E-state index in [1.54, 1.807) is 47.7 Å². The highest BCUT2D eigenvalue weighted by molar-refractivity contribution is 6.01. The molecule has 1 atom stereocenters. The van der Waals surface area contributed by atoms with Crippen LogP contribution in [0.25, 0.3) is 28.2 Å². The molecule has 194 valence electrons. The fraction of sp³-hybridized carbons (Fsp3) is 0.222. The molecule has 1 fully saturated rings. The van der Waals surface area contributed by atoms with Gasteiger partial charge in [0.25, 0.3) is 0 Å². The number of aliphatic hydroxyl groups excluding tert-OH is 1. The van der Waals surface area contributed by atoms with Crippen molar-refractivity contribution in [1.29, 1.82) is 0 Å². The second-order valence-corrected chi connectivity index (χ2v) is 8.96. The van der Waals surface area contributed by atoms with Gasteiger partial charge in [-0.1, -0.05) is 41.6 Å². The number of halogens is 1. The summed E-state index contributed by atoms with van der Waals surface area (Å²) < 4.78 is 25.8. The largest absolute Gasteiger partial charge is 0.597 e. The predicted molar refractivity (Wildman–Crippen MR) is 138 cm³/mol. The summed E-state index contributed by atoms with van der Waals surface area (Å²) in [6.45, 7) is 2.91. The first-order valence-corrected chi connectivity index (χ1v) is 12.2. The van der Waals surface area contributed by atoms with Gasteiger partial charge < -0.3 is 25.3 Å². The molecule has 2 N–H and O–H groups in total. The Bertz CT molecular complexity index is 1430. The number of hydrazine groups is 1. The van der Waals surface area contributed by atoms with Gasteiger partial charge >= 0.3 is 0 Å². The zero-order valence-electron chi connectivity index (χ0n) is 20.4. The van der Waals surface area contributed by atoms with Crippen LogP contribution in [0.3, 0.4) is 0 Å². The molecule has 0 saturated carbocycles. The standard InChI is InChI=1S/C27H25FN7O3/c28-22-3-1-2-4-23(22)35-25(19-9-11-29-12-10-19)24(31-33-35)27-30-26(32-38-27)20-7-5-18(6-8-20)15-34-13-14-37-21(16-34)17-36/h1-12,21,33,36H,13-17H2/q-1. The molecular weight excluding hydrogens is 489 g/mol. The topological polar surface area (TPSA) is 114 Å². The molecule has 0 aliphatic carbocycles. The van der Waals surface area contributed by atoms with Gasteiger partial charge in [-0.2, -0.15) is 4.98 Å². The van der Waals surface area contributed by atoms with Gasteiger partial charge in [0, 0.05) is 43.2 Å². The van der Waals surface area contributed by atoms with Crippen molar-refractivity contribution in [1.82, 2.24) is 25.6 Å². The van der Waals surface area contributed by atoms with E-state index >= 15 is 0 Å². The Balaban J connectivity index is 1.27. The van der Waals surface area contributed by atoms with Crippen LogP contribution >= 0.6 is 0 Å². The minimum Gasteiger partial charge on any atom is -0.597 e. The third kappa shape index (κ3) is 4.87. The summed E-state index contributed by atoms with van der Waals surface area (Å²) in [6, 6.07) is 18.0. The summed E-state index contributed by atoms with van der Waals surface area (Å²) in [5, 5.41) is 15.1. The fourth-order valence-corrected chi connectivity index (χ4v) is 4.53. The average Bonchev–Trinajstić information content (AvgIpc) is 3.62. The Morgan fingerprint density at radius 2 is 1.87 bits per heavy atom. The molecule has 0 bridgehead atoms. The van der Waals surface area contributed by atoms with E-state index in [1.807, 2.05) is 24.3 Å². The third-order valence-corrected chi connectivity index (χ3v) is 6.43. The summed E-state index contributed by atoms with van der Waals surface area (Å²) in [5.41, 5.74) is 11.2. The molecule has 6 rings (SSSR count). The van der Waals surface area contributed by atoms with Crippen LogP contribution in [0.4, 0.5) is 10.1 Å². The van der Waals surface area contributed by atoms with Crippen LogP contribution in [0.2, 0.25) is 0 Å². The van der Waals surface area contributed by atoms with Crippen LogP contribution in [0.15, 0.2) is 77.6 Å². The number of nitrogens with zero attached hydrogens (tertiary/aromatic N) is 6. The molecule has 4 heterocycles. The van der Waals surface area contributed by atoms with E-state index in [4.69, 9.17) is 9.26 Å². The van der Waals surface area contributed by atoms with Crippen molar-refractivity contribution in [3.8, 4) is 11.4 Å². The van der Waals surface area contributed by atoms with Crippen molar-refractivity contribution in [2.75, 3.05) is 31.3 Å². The first kappa shape index (κ1) is 24.2. The van der Waals surface area contributed by atoms with E-state index in [1.165, 1.54) is 6.07 Å². The minimum atomic E-state index is -0.404. The second kappa shape index (κ2) is 10.7. The lowest BCUT2D eigenvalue weighted by atomic mass is 10.1. The van der Waals surface area contributed by atoms with Crippen molar-refractivity contribution in [3.05, 3.63) is 101 Å². The first-order valence-electron chi connectivity index (χ1n) is 12.2.